The van der Waals surface area contributed by atoms with Gasteiger partial charge in [0, 0.05) is 12.3 Å². The van der Waals surface area contributed by atoms with Crippen LogP contribution in [0.3, 0.4) is 0 Å². The maximum atomic E-state index is 8.08. The molecule has 0 fully saturated rings. The van der Waals surface area contributed by atoms with Gasteiger partial charge in [0.15, 0.2) is 0 Å². The normalized spacial score (nSPS) is 10.1. The third-order valence-electron chi connectivity index (χ3n) is 1.47. The van der Waals surface area contributed by atoms with E-state index >= 15 is 0 Å². The molecule has 1 unspecified atom stereocenters. The van der Waals surface area contributed by atoms with Crippen LogP contribution in [-0.4, -0.2) is 0 Å². The van der Waals surface area contributed by atoms with Crippen molar-refractivity contribution in [1.29, 1.82) is 10.5 Å². The van der Waals surface area contributed by atoms with Crippen LogP contribution in [-0.2, 0) is 0 Å². The van der Waals surface area contributed by atoms with E-state index < -0.39 is 0 Å². The first-order valence-corrected chi connectivity index (χ1v) is 4.49. The van der Waals surface area contributed by atoms with Crippen molar-refractivity contribution in [1.82, 2.24) is 0 Å². The maximum Gasteiger partial charge on any atom is 0.0652 e. The Morgan fingerprint density at radius 1 is 1.25 bits per heavy atom. The highest BCUT2D eigenvalue weighted by atomic mass is 14.2. The fraction of sp³-hybridized carbons (Fsp3) is 0.800. The van der Waals surface area contributed by atoms with E-state index in [2.05, 4.69) is 19.1 Å². The van der Waals surface area contributed by atoms with Gasteiger partial charge in [-0.3, -0.25) is 0 Å². The van der Waals surface area contributed by atoms with Crippen LogP contribution in [0, 0.1) is 28.6 Å². The fourth-order valence-corrected chi connectivity index (χ4v) is 0.347. The summed E-state index contributed by atoms with van der Waals surface area (Å²) in [5, 5.41) is 16.0. The van der Waals surface area contributed by atoms with Gasteiger partial charge in [-0.15, -0.1) is 0 Å². The van der Waals surface area contributed by atoms with Gasteiger partial charge in [-0.2, -0.15) is 10.5 Å². The van der Waals surface area contributed by atoms with E-state index in [1.807, 2.05) is 13.8 Å². The SMILES string of the molecule is CCC(C)C#N.CCCCC#N. The lowest BCUT2D eigenvalue weighted by Gasteiger charge is -1.87. The van der Waals surface area contributed by atoms with Crippen molar-refractivity contribution in [2.45, 2.75) is 46.5 Å². The van der Waals surface area contributed by atoms with Gasteiger partial charge in [0.1, 0.15) is 0 Å². The van der Waals surface area contributed by atoms with E-state index in [4.69, 9.17) is 10.5 Å². The fourth-order valence-electron chi connectivity index (χ4n) is 0.347. The molecule has 2 heteroatoms. The molecule has 1 atom stereocenters. The zero-order valence-corrected chi connectivity index (χ0v) is 8.30. The molecule has 12 heavy (non-hydrogen) atoms. The topological polar surface area (TPSA) is 47.6 Å². The number of hydrogen-bond acceptors (Lipinski definition) is 2. The van der Waals surface area contributed by atoms with Crippen molar-refractivity contribution < 1.29 is 0 Å². The smallest absolute Gasteiger partial charge is 0.0652 e. The van der Waals surface area contributed by atoms with Crippen molar-refractivity contribution in [2.75, 3.05) is 0 Å². The third kappa shape index (κ3) is 16.0. The number of nitriles is 2. The van der Waals surface area contributed by atoms with Crippen LogP contribution < -0.4 is 0 Å². The maximum absolute atomic E-state index is 8.08. The quantitative estimate of drug-likeness (QED) is 0.604. The Morgan fingerprint density at radius 2 is 1.83 bits per heavy atom. The molecule has 0 aliphatic rings. The van der Waals surface area contributed by atoms with Gasteiger partial charge in [0.25, 0.3) is 0 Å². The molecule has 0 aromatic carbocycles. The predicted molar refractivity (Wildman–Crippen MR) is 50.2 cm³/mol. The van der Waals surface area contributed by atoms with Crippen LogP contribution in [0.2, 0.25) is 0 Å². The lowest BCUT2D eigenvalue weighted by molar-refractivity contribution is 0.713. The summed E-state index contributed by atoms with van der Waals surface area (Å²) in [4.78, 5) is 0. The van der Waals surface area contributed by atoms with Crippen molar-refractivity contribution in [2.24, 2.45) is 5.92 Å². The minimum Gasteiger partial charge on any atom is -0.198 e. The first-order chi connectivity index (χ1) is 5.72. The third-order valence-corrected chi connectivity index (χ3v) is 1.47. The lowest BCUT2D eigenvalue weighted by Crippen LogP contribution is -1.81. The molecule has 0 saturated heterocycles. The second-order valence-corrected chi connectivity index (χ2v) is 2.70. The first-order valence-electron chi connectivity index (χ1n) is 4.49. The summed E-state index contributed by atoms with van der Waals surface area (Å²) in [7, 11) is 0. The van der Waals surface area contributed by atoms with Crippen molar-refractivity contribution in [3.05, 3.63) is 0 Å². The monoisotopic (exact) mass is 166 g/mol. The van der Waals surface area contributed by atoms with E-state index in [0.717, 1.165) is 25.7 Å². The molecule has 0 radical (unpaired) electrons. The van der Waals surface area contributed by atoms with E-state index in [0.29, 0.717) is 0 Å². The molecule has 68 valence electrons. The van der Waals surface area contributed by atoms with Crippen molar-refractivity contribution >= 4 is 0 Å². The molecular weight excluding hydrogens is 148 g/mol. The number of nitrogens with zero attached hydrogens (tertiary/aromatic N) is 2. The van der Waals surface area contributed by atoms with Crippen LogP contribution in [0.5, 0.6) is 0 Å². The highest BCUT2D eigenvalue weighted by molar-refractivity contribution is 4.76. The minimum atomic E-state index is 0.241. The molecule has 0 aliphatic carbocycles. The molecule has 0 N–H and O–H groups in total. The van der Waals surface area contributed by atoms with Gasteiger partial charge in [0.05, 0.1) is 12.1 Å². The van der Waals surface area contributed by atoms with Crippen LogP contribution in [0.15, 0.2) is 0 Å². The molecule has 0 aromatic heterocycles. The van der Waals surface area contributed by atoms with Gasteiger partial charge in [-0.25, -0.2) is 0 Å². The van der Waals surface area contributed by atoms with Gasteiger partial charge in [0.2, 0.25) is 0 Å². The van der Waals surface area contributed by atoms with Crippen LogP contribution in [0.1, 0.15) is 46.5 Å². The number of hydrogen-bond donors (Lipinski definition) is 0. The molecule has 0 bridgehead atoms. The number of rotatable bonds is 3. The zero-order chi connectivity index (χ0) is 9.82. The second kappa shape index (κ2) is 12.6. The Kier molecular flexibility index (Phi) is 14.3. The Hall–Kier alpha value is -1.02. The predicted octanol–water partition coefficient (Wildman–Crippen LogP) is 3.26. The molecule has 2 nitrogen and oxygen atoms in total. The first kappa shape index (κ1) is 13.6. The van der Waals surface area contributed by atoms with Crippen LogP contribution in [0.25, 0.3) is 0 Å². The highest BCUT2D eigenvalue weighted by Gasteiger charge is 1.88. The molecule has 0 heterocycles. The number of unbranched alkanes of at least 4 members (excludes halogenated alkanes) is 2. The van der Waals surface area contributed by atoms with E-state index in [1.165, 1.54) is 0 Å². The molecule has 0 spiro atoms. The van der Waals surface area contributed by atoms with Gasteiger partial charge < -0.3 is 0 Å². The zero-order valence-electron chi connectivity index (χ0n) is 8.30. The Balaban J connectivity index is 0. The Morgan fingerprint density at radius 3 is 1.92 bits per heavy atom. The summed E-state index contributed by atoms with van der Waals surface area (Å²) in [5.74, 6) is 0.241. The molecule has 0 saturated carbocycles. The molecule has 0 aliphatic heterocycles. The molecular formula is C10H18N2. The van der Waals surface area contributed by atoms with Gasteiger partial charge in [-0.05, 0) is 19.8 Å². The molecule has 0 amide bonds. The largest absolute Gasteiger partial charge is 0.198 e. The van der Waals surface area contributed by atoms with E-state index in [9.17, 15) is 0 Å². The van der Waals surface area contributed by atoms with E-state index in [-0.39, 0.29) is 5.92 Å². The summed E-state index contributed by atoms with van der Waals surface area (Å²) < 4.78 is 0. The van der Waals surface area contributed by atoms with Crippen molar-refractivity contribution in [3.63, 3.8) is 0 Å². The minimum absolute atomic E-state index is 0.241. The summed E-state index contributed by atoms with van der Waals surface area (Å²) in [6.45, 7) is 6.01. The average molecular weight is 166 g/mol. The van der Waals surface area contributed by atoms with Crippen LogP contribution in [0.4, 0.5) is 0 Å². The van der Waals surface area contributed by atoms with Crippen LogP contribution >= 0.6 is 0 Å². The summed E-state index contributed by atoms with van der Waals surface area (Å²) in [5.41, 5.74) is 0. The lowest BCUT2D eigenvalue weighted by atomic mass is 10.2. The van der Waals surface area contributed by atoms with Gasteiger partial charge >= 0.3 is 0 Å². The Labute approximate surface area is 75.8 Å². The molecule has 0 rings (SSSR count). The van der Waals surface area contributed by atoms with Crippen molar-refractivity contribution in [3.8, 4) is 12.1 Å². The Bertz CT molecular complexity index is 150. The van der Waals surface area contributed by atoms with Gasteiger partial charge in [-0.1, -0.05) is 20.3 Å². The second-order valence-electron chi connectivity index (χ2n) is 2.70. The van der Waals surface area contributed by atoms with E-state index in [1.54, 1.807) is 0 Å². The standard InChI is InChI=1S/2C5H9N/c1-3-5(2)4-6;1-2-3-4-5-6/h5H,3H2,1-2H3;2-4H2,1H3. The average Bonchev–Trinajstić information content (AvgIpc) is 2.14. The highest BCUT2D eigenvalue weighted by Crippen LogP contribution is 1.94. The summed E-state index contributed by atoms with van der Waals surface area (Å²) in [6, 6.07) is 4.18. The summed E-state index contributed by atoms with van der Waals surface area (Å²) in [6.07, 6.45) is 3.87. The molecule has 0 aromatic rings. The summed E-state index contributed by atoms with van der Waals surface area (Å²) >= 11 is 0.